The molecule has 0 N–H and O–H groups in total. The number of hydrogen-bond donors (Lipinski definition) is 0. The van der Waals surface area contributed by atoms with Crippen LogP contribution in [0.5, 0.6) is 0 Å². The molecule has 0 aliphatic heterocycles. The summed E-state index contributed by atoms with van der Waals surface area (Å²) < 4.78 is 0. The van der Waals surface area contributed by atoms with E-state index in [2.05, 4.69) is 24.2 Å². The predicted octanol–water partition coefficient (Wildman–Crippen LogP) is 2.28. The highest BCUT2D eigenvalue weighted by atomic mass is 16.3. The largest absolute Gasteiger partial charge is 0.232 e. The molecule has 62 valence electrons. The standard InChI is InChI=1S/C7H12N2O2/c1-5(2)6-3-7(4-6,8-10)9-11/h5-6H,3-4H2,1-2H3. The Hall–Kier alpha value is -0.800. The van der Waals surface area contributed by atoms with E-state index < -0.39 is 5.66 Å². The van der Waals surface area contributed by atoms with Gasteiger partial charge >= 0.3 is 0 Å². The highest BCUT2D eigenvalue weighted by Gasteiger charge is 2.48. The van der Waals surface area contributed by atoms with E-state index in [-0.39, 0.29) is 0 Å². The highest BCUT2D eigenvalue weighted by Crippen LogP contribution is 2.45. The minimum atomic E-state index is -1.10. The second-order valence-corrected chi connectivity index (χ2v) is 3.58. The van der Waals surface area contributed by atoms with E-state index in [1.54, 1.807) is 0 Å². The van der Waals surface area contributed by atoms with Crippen LogP contribution in [0.2, 0.25) is 0 Å². The van der Waals surface area contributed by atoms with E-state index in [9.17, 15) is 9.81 Å². The monoisotopic (exact) mass is 156 g/mol. The van der Waals surface area contributed by atoms with Crippen LogP contribution in [0.4, 0.5) is 0 Å². The Balaban J connectivity index is 2.48. The van der Waals surface area contributed by atoms with Crippen molar-refractivity contribution >= 4 is 0 Å². The van der Waals surface area contributed by atoms with Gasteiger partial charge in [-0.05, 0) is 22.2 Å². The first kappa shape index (κ1) is 8.30. The van der Waals surface area contributed by atoms with Crippen LogP contribution >= 0.6 is 0 Å². The number of hydrogen-bond acceptors (Lipinski definition) is 4. The first-order valence-corrected chi connectivity index (χ1v) is 3.82. The molecular formula is C7H12N2O2. The summed E-state index contributed by atoms with van der Waals surface area (Å²) in [5, 5.41) is 5.49. The van der Waals surface area contributed by atoms with Crippen molar-refractivity contribution in [1.82, 2.24) is 0 Å². The average Bonchev–Trinajstić information content (AvgIpc) is 1.87. The van der Waals surface area contributed by atoms with Gasteiger partial charge in [0.05, 0.1) is 0 Å². The molecule has 1 rings (SSSR count). The van der Waals surface area contributed by atoms with Gasteiger partial charge in [0.1, 0.15) is 0 Å². The minimum Gasteiger partial charge on any atom is -0.148 e. The molecule has 0 atom stereocenters. The molecule has 0 saturated heterocycles. The lowest BCUT2D eigenvalue weighted by Gasteiger charge is -2.38. The number of nitrogens with zero attached hydrogens (tertiary/aromatic N) is 2. The number of nitroso groups, excluding NO2 is 2. The molecule has 1 fully saturated rings. The molecule has 4 nitrogen and oxygen atoms in total. The molecule has 11 heavy (non-hydrogen) atoms. The molecule has 0 amide bonds. The first-order valence-electron chi connectivity index (χ1n) is 3.82. The molecule has 0 aromatic heterocycles. The highest BCUT2D eigenvalue weighted by molar-refractivity contribution is 4.99. The van der Waals surface area contributed by atoms with Crippen molar-refractivity contribution < 1.29 is 0 Å². The summed E-state index contributed by atoms with van der Waals surface area (Å²) in [5.74, 6) is 0.969. The fourth-order valence-corrected chi connectivity index (χ4v) is 1.42. The van der Waals surface area contributed by atoms with Gasteiger partial charge in [-0.1, -0.05) is 13.8 Å². The van der Waals surface area contributed by atoms with Gasteiger partial charge in [0.25, 0.3) is 0 Å². The zero-order chi connectivity index (χ0) is 8.48. The van der Waals surface area contributed by atoms with Crippen molar-refractivity contribution in [3.63, 3.8) is 0 Å². The zero-order valence-corrected chi connectivity index (χ0v) is 6.78. The minimum absolute atomic E-state index is 0.449. The summed E-state index contributed by atoms with van der Waals surface area (Å²) in [6.07, 6.45) is 1.08. The lowest BCUT2D eigenvalue weighted by atomic mass is 9.70. The van der Waals surface area contributed by atoms with Gasteiger partial charge < -0.3 is 0 Å². The summed E-state index contributed by atoms with van der Waals surface area (Å²) in [6.45, 7) is 4.15. The van der Waals surface area contributed by atoms with Crippen molar-refractivity contribution in [2.75, 3.05) is 0 Å². The van der Waals surface area contributed by atoms with E-state index in [1.165, 1.54) is 0 Å². The van der Waals surface area contributed by atoms with Crippen LogP contribution in [-0.2, 0) is 0 Å². The second-order valence-electron chi connectivity index (χ2n) is 3.58. The lowest BCUT2D eigenvalue weighted by Crippen LogP contribution is -2.42. The maximum atomic E-state index is 10.2. The molecule has 0 bridgehead atoms. The van der Waals surface area contributed by atoms with Crippen molar-refractivity contribution in [2.45, 2.75) is 32.4 Å². The van der Waals surface area contributed by atoms with Gasteiger partial charge in [-0.3, -0.25) is 0 Å². The predicted molar refractivity (Wildman–Crippen MR) is 41.9 cm³/mol. The molecule has 0 aromatic carbocycles. The third-order valence-electron chi connectivity index (χ3n) is 2.46. The Bertz CT molecular complexity index is 163. The SMILES string of the molecule is CC(C)C1CC(N=O)(N=O)C1. The topological polar surface area (TPSA) is 58.9 Å². The Morgan fingerprint density at radius 1 is 1.27 bits per heavy atom. The van der Waals surface area contributed by atoms with Crippen LogP contribution in [0.15, 0.2) is 10.4 Å². The van der Waals surface area contributed by atoms with Crippen molar-refractivity contribution in [3.8, 4) is 0 Å². The van der Waals surface area contributed by atoms with Crippen LogP contribution in [0.1, 0.15) is 26.7 Å². The summed E-state index contributed by atoms with van der Waals surface area (Å²) >= 11 is 0. The maximum absolute atomic E-state index is 10.2. The molecule has 0 unspecified atom stereocenters. The summed E-state index contributed by atoms with van der Waals surface area (Å²) in [6, 6.07) is 0. The maximum Gasteiger partial charge on any atom is 0.232 e. The summed E-state index contributed by atoms with van der Waals surface area (Å²) in [4.78, 5) is 20.3. The molecular weight excluding hydrogens is 144 g/mol. The molecule has 0 radical (unpaired) electrons. The van der Waals surface area contributed by atoms with Gasteiger partial charge in [-0.25, -0.2) is 0 Å². The van der Waals surface area contributed by atoms with E-state index in [4.69, 9.17) is 0 Å². The lowest BCUT2D eigenvalue weighted by molar-refractivity contribution is 0.112. The Morgan fingerprint density at radius 2 is 1.73 bits per heavy atom. The van der Waals surface area contributed by atoms with Crippen molar-refractivity contribution in [2.24, 2.45) is 22.2 Å². The molecule has 1 saturated carbocycles. The molecule has 0 spiro atoms. The van der Waals surface area contributed by atoms with Gasteiger partial charge in [0, 0.05) is 12.8 Å². The van der Waals surface area contributed by atoms with E-state index in [1.807, 2.05) is 0 Å². The Labute approximate surface area is 65.3 Å². The quantitative estimate of drug-likeness (QED) is 0.588. The third kappa shape index (κ3) is 1.29. The average molecular weight is 156 g/mol. The van der Waals surface area contributed by atoms with Crippen molar-refractivity contribution in [3.05, 3.63) is 9.81 Å². The summed E-state index contributed by atoms with van der Waals surface area (Å²) in [5.41, 5.74) is -1.10. The van der Waals surface area contributed by atoms with Crippen LogP contribution in [-0.4, -0.2) is 5.66 Å². The fourth-order valence-electron chi connectivity index (χ4n) is 1.42. The normalized spacial score (nSPS) is 22.8. The van der Waals surface area contributed by atoms with Crippen LogP contribution in [0.3, 0.4) is 0 Å². The van der Waals surface area contributed by atoms with Crippen LogP contribution < -0.4 is 0 Å². The number of rotatable bonds is 3. The molecule has 4 heteroatoms. The fraction of sp³-hybridized carbons (Fsp3) is 1.00. The summed E-state index contributed by atoms with van der Waals surface area (Å²) in [7, 11) is 0. The second kappa shape index (κ2) is 2.68. The van der Waals surface area contributed by atoms with Crippen molar-refractivity contribution in [1.29, 1.82) is 0 Å². The zero-order valence-electron chi connectivity index (χ0n) is 6.78. The molecule has 1 aliphatic carbocycles. The molecule has 0 heterocycles. The first-order chi connectivity index (χ1) is 5.13. The van der Waals surface area contributed by atoms with Gasteiger partial charge in [-0.15, -0.1) is 9.81 Å². The van der Waals surface area contributed by atoms with Crippen LogP contribution in [0, 0.1) is 21.6 Å². The Morgan fingerprint density at radius 3 is 2.00 bits per heavy atom. The Kier molecular flexibility index (Phi) is 2.02. The molecule has 0 aromatic rings. The van der Waals surface area contributed by atoms with Gasteiger partial charge in [0.15, 0.2) is 0 Å². The van der Waals surface area contributed by atoms with Crippen LogP contribution in [0.25, 0.3) is 0 Å². The van der Waals surface area contributed by atoms with Gasteiger partial charge in [-0.2, -0.15) is 0 Å². The smallest absolute Gasteiger partial charge is 0.148 e. The van der Waals surface area contributed by atoms with E-state index >= 15 is 0 Å². The van der Waals surface area contributed by atoms with E-state index in [0.717, 1.165) is 0 Å². The van der Waals surface area contributed by atoms with E-state index in [0.29, 0.717) is 24.7 Å². The van der Waals surface area contributed by atoms with Gasteiger partial charge in [0.2, 0.25) is 5.66 Å². The third-order valence-corrected chi connectivity index (χ3v) is 2.46. The molecule has 1 aliphatic rings.